The van der Waals surface area contributed by atoms with Gasteiger partial charge in [-0.05, 0) is 72.9 Å². The molecule has 5 rings (SSSR count). The predicted octanol–water partition coefficient (Wildman–Crippen LogP) is 3.98. The minimum atomic E-state index is -1.26. The van der Waals surface area contributed by atoms with E-state index in [-0.39, 0.29) is 17.3 Å². The smallest absolute Gasteiger partial charge is 0.328 e. The summed E-state index contributed by atoms with van der Waals surface area (Å²) in [6.45, 7) is 4.17. The van der Waals surface area contributed by atoms with Gasteiger partial charge in [-0.2, -0.15) is 0 Å². The fraction of sp³-hybridized carbons (Fsp3) is 0.429. The standard InChI is InChI=1S/C24H29FN2O.C4H4O4/c25-18-5-7-19(8-6-18)26-13-15-27(16-14-26)20-9-11-24(12-10-20)17-23(28)21-3-1-2-4-22(21)24;5-3(6)1-2-4(7)8/h1-8,20,23,28H,9-17H2;1-2H,(H,5,6)(H,7,8)/b;2-1-. The van der Waals surface area contributed by atoms with Crippen LogP contribution in [0.2, 0.25) is 0 Å². The number of aliphatic hydroxyl groups is 1. The molecule has 2 fully saturated rings. The molecule has 192 valence electrons. The minimum absolute atomic E-state index is 0.169. The molecule has 1 atom stereocenters. The van der Waals surface area contributed by atoms with E-state index in [4.69, 9.17) is 10.2 Å². The summed E-state index contributed by atoms with van der Waals surface area (Å²) in [6, 6.07) is 16.1. The van der Waals surface area contributed by atoms with Crippen molar-refractivity contribution in [2.24, 2.45) is 0 Å². The predicted molar refractivity (Wildman–Crippen MR) is 135 cm³/mol. The van der Waals surface area contributed by atoms with Crippen molar-refractivity contribution >= 4 is 17.6 Å². The van der Waals surface area contributed by atoms with Crippen molar-refractivity contribution in [3.63, 3.8) is 0 Å². The average molecular weight is 497 g/mol. The summed E-state index contributed by atoms with van der Waals surface area (Å²) >= 11 is 0. The number of hydrogen-bond donors (Lipinski definition) is 3. The van der Waals surface area contributed by atoms with Crippen molar-refractivity contribution in [2.75, 3.05) is 31.1 Å². The van der Waals surface area contributed by atoms with Crippen molar-refractivity contribution in [2.45, 2.75) is 49.7 Å². The molecule has 1 aliphatic heterocycles. The van der Waals surface area contributed by atoms with Gasteiger partial charge in [0.15, 0.2) is 0 Å². The number of nitrogens with zero attached hydrogens (tertiary/aromatic N) is 2. The van der Waals surface area contributed by atoms with Crippen LogP contribution in [0.1, 0.15) is 49.3 Å². The molecule has 3 N–H and O–H groups in total. The Hall–Kier alpha value is -3.23. The Morgan fingerprint density at radius 3 is 2.06 bits per heavy atom. The SMILES string of the molecule is O=C(O)/C=C\C(=O)O.OC1CC2(CCC(N3CCN(c4ccc(F)cc4)CC3)CC2)c2ccccc21. The zero-order chi connectivity index (χ0) is 25.7. The molecule has 0 radical (unpaired) electrons. The lowest BCUT2D eigenvalue weighted by Crippen LogP contribution is -2.52. The van der Waals surface area contributed by atoms with Gasteiger partial charge in [0.1, 0.15) is 5.82 Å². The van der Waals surface area contributed by atoms with E-state index in [2.05, 4.69) is 28.0 Å². The molecule has 2 aliphatic carbocycles. The summed E-state index contributed by atoms with van der Waals surface area (Å²) < 4.78 is 13.2. The van der Waals surface area contributed by atoms with Gasteiger partial charge in [0.25, 0.3) is 0 Å². The van der Waals surface area contributed by atoms with Crippen LogP contribution in [0, 0.1) is 5.82 Å². The van der Waals surface area contributed by atoms with Crippen LogP contribution in [0.5, 0.6) is 0 Å². The number of halogens is 1. The van der Waals surface area contributed by atoms with Crippen molar-refractivity contribution < 1.29 is 29.3 Å². The summed E-state index contributed by atoms with van der Waals surface area (Å²) in [5.74, 6) is -2.68. The first-order valence-corrected chi connectivity index (χ1v) is 12.4. The monoisotopic (exact) mass is 496 g/mol. The van der Waals surface area contributed by atoms with Crippen LogP contribution in [-0.4, -0.2) is 64.4 Å². The van der Waals surface area contributed by atoms with E-state index in [1.165, 1.54) is 31.2 Å². The highest BCUT2D eigenvalue weighted by molar-refractivity contribution is 5.89. The molecule has 7 nitrogen and oxygen atoms in total. The molecule has 0 bridgehead atoms. The topological polar surface area (TPSA) is 101 Å². The van der Waals surface area contributed by atoms with E-state index >= 15 is 0 Å². The van der Waals surface area contributed by atoms with Crippen molar-refractivity contribution in [1.82, 2.24) is 4.90 Å². The molecule has 2 aromatic carbocycles. The van der Waals surface area contributed by atoms with E-state index in [9.17, 15) is 19.1 Å². The third-order valence-electron chi connectivity index (χ3n) is 7.78. The number of benzene rings is 2. The van der Waals surface area contributed by atoms with E-state index < -0.39 is 11.9 Å². The highest BCUT2D eigenvalue weighted by Crippen LogP contribution is 2.53. The molecule has 1 heterocycles. The minimum Gasteiger partial charge on any atom is -0.478 e. The molecule has 2 aromatic rings. The number of aliphatic carboxylic acids is 2. The number of piperazine rings is 1. The second-order valence-corrected chi connectivity index (χ2v) is 9.83. The number of fused-ring (bicyclic) bond motifs is 2. The summed E-state index contributed by atoms with van der Waals surface area (Å²) in [5.41, 5.74) is 3.89. The Morgan fingerprint density at radius 1 is 0.889 bits per heavy atom. The van der Waals surface area contributed by atoms with Crippen LogP contribution < -0.4 is 4.90 Å². The van der Waals surface area contributed by atoms with E-state index in [0.29, 0.717) is 18.2 Å². The van der Waals surface area contributed by atoms with Crippen molar-refractivity contribution in [1.29, 1.82) is 0 Å². The van der Waals surface area contributed by atoms with Gasteiger partial charge >= 0.3 is 11.9 Å². The third kappa shape index (κ3) is 5.94. The Balaban J connectivity index is 0.000000331. The number of carbonyl (C=O) groups is 2. The molecule has 36 heavy (non-hydrogen) atoms. The van der Waals surface area contributed by atoms with E-state index in [1.54, 1.807) is 12.1 Å². The van der Waals surface area contributed by atoms with Crippen molar-refractivity contribution in [3.05, 3.63) is 77.6 Å². The van der Waals surface area contributed by atoms with Crippen LogP contribution in [0.15, 0.2) is 60.7 Å². The maximum Gasteiger partial charge on any atom is 0.328 e. The molecule has 0 amide bonds. The number of hydrogen-bond acceptors (Lipinski definition) is 5. The average Bonchev–Trinajstić information content (AvgIpc) is 3.15. The van der Waals surface area contributed by atoms with Crippen LogP contribution >= 0.6 is 0 Å². The van der Waals surface area contributed by atoms with Gasteiger partial charge in [-0.15, -0.1) is 0 Å². The zero-order valence-corrected chi connectivity index (χ0v) is 20.2. The Bertz CT molecular complexity index is 1070. The van der Waals surface area contributed by atoms with E-state index in [0.717, 1.165) is 43.9 Å². The van der Waals surface area contributed by atoms with Gasteiger partial charge in [-0.3, -0.25) is 4.90 Å². The summed E-state index contributed by atoms with van der Waals surface area (Å²) in [4.78, 5) is 24.1. The largest absolute Gasteiger partial charge is 0.478 e. The van der Waals surface area contributed by atoms with Crippen molar-refractivity contribution in [3.8, 4) is 0 Å². The lowest BCUT2D eigenvalue weighted by atomic mass is 9.68. The zero-order valence-electron chi connectivity index (χ0n) is 20.2. The molecule has 1 spiro atoms. The normalized spacial score (nSPS) is 25.9. The molecular weight excluding hydrogens is 463 g/mol. The maximum absolute atomic E-state index is 13.2. The molecule has 0 aromatic heterocycles. The Kier molecular flexibility index (Phi) is 8.06. The van der Waals surface area contributed by atoms with Gasteiger partial charge in [0.05, 0.1) is 6.10 Å². The van der Waals surface area contributed by atoms with Gasteiger partial charge in [0, 0.05) is 50.1 Å². The first-order chi connectivity index (χ1) is 17.3. The number of carboxylic acids is 2. The third-order valence-corrected chi connectivity index (χ3v) is 7.78. The summed E-state index contributed by atoms with van der Waals surface area (Å²) in [6.07, 6.45) is 6.54. The molecule has 1 saturated heterocycles. The van der Waals surface area contributed by atoms with Crippen LogP contribution in [0.25, 0.3) is 0 Å². The Morgan fingerprint density at radius 2 is 1.47 bits per heavy atom. The Labute approximate surface area is 210 Å². The number of aliphatic hydroxyl groups excluding tert-OH is 1. The molecule has 3 aliphatic rings. The molecular formula is C28H33FN2O5. The molecule has 8 heteroatoms. The first-order valence-electron chi connectivity index (χ1n) is 12.4. The van der Waals surface area contributed by atoms with Crippen LogP contribution in [-0.2, 0) is 15.0 Å². The van der Waals surface area contributed by atoms with Crippen LogP contribution in [0.3, 0.4) is 0 Å². The number of rotatable bonds is 4. The first kappa shape index (κ1) is 25.9. The fourth-order valence-corrected chi connectivity index (χ4v) is 5.99. The number of carboxylic acid groups (broad SMARTS) is 2. The van der Waals surface area contributed by atoms with E-state index in [1.807, 2.05) is 18.2 Å². The quantitative estimate of drug-likeness (QED) is 0.551. The van der Waals surface area contributed by atoms with Gasteiger partial charge in [-0.1, -0.05) is 24.3 Å². The van der Waals surface area contributed by atoms with Crippen LogP contribution in [0.4, 0.5) is 10.1 Å². The second kappa shape index (κ2) is 11.2. The molecule has 1 saturated carbocycles. The van der Waals surface area contributed by atoms with Gasteiger partial charge in [0.2, 0.25) is 0 Å². The highest BCUT2D eigenvalue weighted by Gasteiger charge is 2.45. The fourth-order valence-electron chi connectivity index (χ4n) is 5.99. The highest BCUT2D eigenvalue weighted by atomic mass is 19.1. The lowest BCUT2D eigenvalue weighted by Gasteiger charge is -2.45. The molecule has 1 unspecified atom stereocenters. The summed E-state index contributed by atoms with van der Waals surface area (Å²) in [5, 5.41) is 26.2. The van der Waals surface area contributed by atoms with Gasteiger partial charge < -0.3 is 20.2 Å². The number of anilines is 1. The summed E-state index contributed by atoms with van der Waals surface area (Å²) in [7, 11) is 0. The second-order valence-electron chi connectivity index (χ2n) is 9.83. The maximum atomic E-state index is 13.2. The lowest BCUT2D eigenvalue weighted by molar-refractivity contribution is -0.134. The van der Waals surface area contributed by atoms with Gasteiger partial charge in [-0.25, -0.2) is 14.0 Å².